The summed E-state index contributed by atoms with van der Waals surface area (Å²) in [6, 6.07) is 18.0. The highest BCUT2D eigenvalue weighted by Gasteiger charge is 2.30. The Hall–Kier alpha value is -1.98. The molecule has 0 radical (unpaired) electrons. The third-order valence-electron chi connectivity index (χ3n) is 4.25. The van der Waals surface area contributed by atoms with Crippen molar-refractivity contribution in [1.29, 1.82) is 0 Å². The molecular weight excluding hydrogens is 366 g/mol. The lowest BCUT2D eigenvalue weighted by Crippen LogP contribution is -2.07. The molecule has 1 heterocycles. The smallest absolute Gasteiger partial charge is 0.191 e. The van der Waals surface area contributed by atoms with E-state index in [0.717, 1.165) is 29.0 Å². The molecule has 6 heteroatoms. The Kier molecular flexibility index (Phi) is 5.46. The first-order chi connectivity index (χ1) is 12.8. The van der Waals surface area contributed by atoms with Crippen LogP contribution in [0.2, 0.25) is 5.02 Å². The number of nitrogens with zero attached hydrogens (tertiary/aromatic N) is 3. The molecule has 0 bridgehead atoms. The molecule has 1 saturated carbocycles. The average Bonchev–Trinajstić information content (AvgIpc) is 3.42. The second-order valence-corrected chi connectivity index (χ2v) is 7.84. The molecule has 1 aliphatic rings. The van der Waals surface area contributed by atoms with Crippen LogP contribution in [0.25, 0.3) is 0 Å². The van der Waals surface area contributed by atoms with Gasteiger partial charge in [0, 0.05) is 16.7 Å². The summed E-state index contributed by atoms with van der Waals surface area (Å²) in [6.45, 7) is 1.42. The molecule has 26 heavy (non-hydrogen) atoms. The van der Waals surface area contributed by atoms with Crippen molar-refractivity contribution in [3.8, 4) is 5.75 Å². The SMILES string of the molecule is Clc1cccc(OCCSc2nnc(C3CC3)n2Cc2ccccc2)c1. The second-order valence-electron chi connectivity index (χ2n) is 6.34. The van der Waals surface area contributed by atoms with Crippen LogP contribution in [0, 0.1) is 0 Å². The van der Waals surface area contributed by atoms with E-state index in [9.17, 15) is 0 Å². The minimum Gasteiger partial charge on any atom is -0.493 e. The number of hydrogen-bond acceptors (Lipinski definition) is 4. The lowest BCUT2D eigenvalue weighted by molar-refractivity contribution is 0.344. The molecule has 1 aliphatic carbocycles. The summed E-state index contributed by atoms with van der Waals surface area (Å²) in [6.07, 6.45) is 2.44. The van der Waals surface area contributed by atoms with E-state index in [1.807, 2.05) is 30.3 Å². The molecular formula is C20H20ClN3OS. The summed E-state index contributed by atoms with van der Waals surface area (Å²) in [5.41, 5.74) is 1.27. The van der Waals surface area contributed by atoms with Gasteiger partial charge in [-0.3, -0.25) is 0 Å². The first kappa shape index (κ1) is 17.4. The van der Waals surface area contributed by atoms with Crippen molar-refractivity contribution in [1.82, 2.24) is 14.8 Å². The van der Waals surface area contributed by atoms with Gasteiger partial charge in [0.15, 0.2) is 5.16 Å². The van der Waals surface area contributed by atoms with Gasteiger partial charge in [0.05, 0.1) is 13.2 Å². The number of rotatable bonds is 8. The summed E-state index contributed by atoms with van der Waals surface area (Å²) < 4.78 is 8.03. The molecule has 0 N–H and O–H groups in total. The normalized spacial score (nSPS) is 13.7. The van der Waals surface area contributed by atoms with Crippen LogP contribution in [0.1, 0.15) is 30.1 Å². The van der Waals surface area contributed by atoms with E-state index in [1.54, 1.807) is 11.8 Å². The highest BCUT2D eigenvalue weighted by Crippen LogP contribution is 2.40. The van der Waals surface area contributed by atoms with Gasteiger partial charge in [0.2, 0.25) is 0 Å². The molecule has 0 spiro atoms. The Labute approximate surface area is 162 Å². The maximum absolute atomic E-state index is 5.98. The van der Waals surface area contributed by atoms with Gasteiger partial charge < -0.3 is 9.30 Å². The Morgan fingerprint density at radius 3 is 2.69 bits per heavy atom. The van der Waals surface area contributed by atoms with Crippen molar-refractivity contribution in [3.05, 3.63) is 71.0 Å². The van der Waals surface area contributed by atoms with Gasteiger partial charge in [-0.05, 0) is 36.6 Å². The monoisotopic (exact) mass is 385 g/mol. The fourth-order valence-corrected chi connectivity index (χ4v) is 3.76. The maximum atomic E-state index is 5.98. The zero-order valence-electron chi connectivity index (χ0n) is 14.3. The zero-order chi connectivity index (χ0) is 17.8. The highest BCUT2D eigenvalue weighted by atomic mass is 35.5. The molecule has 1 fully saturated rings. The minimum absolute atomic E-state index is 0.572. The van der Waals surface area contributed by atoms with Gasteiger partial charge >= 0.3 is 0 Å². The molecule has 0 amide bonds. The average molecular weight is 386 g/mol. The van der Waals surface area contributed by atoms with E-state index in [4.69, 9.17) is 16.3 Å². The van der Waals surface area contributed by atoms with Gasteiger partial charge in [-0.15, -0.1) is 10.2 Å². The Balaban J connectivity index is 1.39. The van der Waals surface area contributed by atoms with Crippen LogP contribution in [0.15, 0.2) is 59.8 Å². The van der Waals surface area contributed by atoms with E-state index >= 15 is 0 Å². The van der Waals surface area contributed by atoms with E-state index in [-0.39, 0.29) is 0 Å². The highest BCUT2D eigenvalue weighted by molar-refractivity contribution is 7.99. The fourth-order valence-electron chi connectivity index (χ4n) is 2.81. The van der Waals surface area contributed by atoms with Crippen LogP contribution >= 0.6 is 23.4 Å². The molecule has 4 nitrogen and oxygen atoms in total. The summed E-state index contributed by atoms with van der Waals surface area (Å²) in [5, 5.41) is 10.5. The third-order valence-corrected chi connectivity index (χ3v) is 5.42. The molecule has 0 atom stereocenters. The summed E-state index contributed by atoms with van der Waals surface area (Å²) in [7, 11) is 0. The van der Waals surface area contributed by atoms with Gasteiger partial charge in [0.1, 0.15) is 11.6 Å². The van der Waals surface area contributed by atoms with Crippen LogP contribution in [0.3, 0.4) is 0 Å². The first-order valence-electron chi connectivity index (χ1n) is 8.78. The number of benzene rings is 2. The molecule has 2 aromatic carbocycles. The quantitative estimate of drug-likeness (QED) is 0.403. The third kappa shape index (κ3) is 4.40. The van der Waals surface area contributed by atoms with E-state index in [1.165, 1.54) is 18.4 Å². The van der Waals surface area contributed by atoms with Crippen LogP contribution in [-0.2, 0) is 6.54 Å². The molecule has 0 saturated heterocycles. The Morgan fingerprint density at radius 2 is 1.92 bits per heavy atom. The molecule has 134 valence electrons. The minimum atomic E-state index is 0.572. The van der Waals surface area contributed by atoms with Gasteiger partial charge in [-0.2, -0.15) is 0 Å². The van der Waals surface area contributed by atoms with Crippen molar-refractivity contribution < 1.29 is 4.74 Å². The zero-order valence-corrected chi connectivity index (χ0v) is 15.9. The van der Waals surface area contributed by atoms with E-state index in [0.29, 0.717) is 17.5 Å². The molecule has 0 unspecified atom stereocenters. The standard InChI is InChI=1S/C20H20ClN3OS/c21-17-7-4-8-18(13-17)25-11-12-26-20-23-22-19(16-9-10-16)24(20)14-15-5-2-1-3-6-15/h1-8,13,16H,9-12,14H2. The maximum Gasteiger partial charge on any atom is 0.191 e. The van der Waals surface area contributed by atoms with E-state index in [2.05, 4.69) is 39.0 Å². The number of aromatic nitrogens is 3. The van der Waals surface area contributed by atoms with Gasteiger partial charge in [-0.25, -0.2) is 0 Å². The second kappa shape index (κ2) is 8.14. The van der Waals surface area contributed by atoms with Crippen molar-refractivity contribution >= 4 is 23.4 Å². The van der Waals surface area contributed by atoms with Crippen LogP contribution in [0.4, 0.5) is 0 Å². The predicted molar refractivity (Wildman–Crippen MR) is 105 cm³/mol. The lowest BCUT2D eigenvalue weighted by Gasteiger charge is -2.10. The van der Waals surface area contributed by atoms with Crippen LogP contribution in [0.5, 0.6) is 5.75 Å². The van der Waals surface area contributed by atoms with Gasteiger partial charge in [0.25, 0.3) is 0 Å². The van der Waals surface area contributed by atoms with Crippen molar-refractivity contribution in [3.63, 3.8) is 0 Å². The largest absolute Gasteiger partial charge is 0.493 e. The Bertz CT molecular complexity index is 865. The molecule has 4 rings (SSSR count). The van der Waals surface area contributed by atoms with Crippen molar-refractivity contribution in [2.45, 2.75) is 30.5 Å². The lowest BCUT2D eigenvalue weighted by atomic mass is 10.2. The number of halogens is 1. The topological polar surface area (TPSA) is 39.9 Å². The summed E-state index contributed by atoms with van der Waals surface area (Å²) >= 11 is 7.67. The first-order valence-corrected chi connectivity index (χ1v) is 10.1. The number of hydrogen-bond donors (Lipinski definition) is 0. The van der Waals surface area contributed by atoms with Crippen molar-refractivity contribution in [2.75, 3.05) is 12.4 Å². The molecule has 0 aliphatic heterocycles. The summed E-state index contributed by atoms with van der Waals surface area (Å²) in [4.78, 5) is 0. The number of thioether (sulfide) groups is 1. The summed E-state index contributed by atoms with van der Waals surface area (Å²) in [5.74, 6) is 3.29. The van der Waals surface area contributed by atoms with Gasteiger partial charge in [-0.1, -0.05) is 59.8 Å². The number of ether oxygens (including phenoxy) is 1. The van der Waals surface area contributed by atoms with E-state index < -0.39 is 0 Å². The van der Waals surface area contributed by atoms with Crippen molar-refractivity contribution in [2.24, 2.45) is 0 Å². The fraction of sp³-hybridized carbons (Fsp3) is 0.300. The predicted octanol–water partition coefficient (Wildman–Crippen LogP) is 5.03. The molecule has 1 aromatic heterocycles. The van der Waals surface area contributed by atoms with Crippen LogP contribution < -0.4 is 4.74 Å². The Morgan fingerprint density at radius 1 is 1.08 bits per heavy atom. The molecule has 3 aromatic rings. The van der Waals surface area contributed by atoms with Crippen LogP contribution in [-0.4, -0.2) is 27.1 Å².